The molecule has 2 aliphatic rings. The predicted octanol–water partition coefficient (Wildman–Crippen LogP) is -1.24. The fraction of sp³-hybridized carbons (Fsp3) is 0.500. The minimum absolute atomic E-state index is 0.0686. The SMILES string of the molecule is O=C([O-])C[NH+](Cc1ccc2c(c1)OCCO2)C1CC1. The molecule has 0 aromatic heterocycles. The Morgan fingerprint density at radius 3 is 2.68 bits per heavy atom. The van der Waals surface area contributed by atoms with Crippen LogP contribution in [0.2, 0.25) is 0 Å². The summed E-state index contributed by atoms with van der Waals surface area (Å²) in [7, 11) is 0. The van der Waals surface area contributed by atoms with E-state index in [1.165, 1.54) is 0 Å². The van der Waals surface area contributed by atoms with Crippen molar-refractivity contribution in [2.45, 2.75) is 25.4 Å². The van der Waals surface area contributed by atoms with E-state index in [1.807, 2.05) is 18.2 Å². The highest BCUT2D eigenvalue weighted by Crippen LogP contribution is 2.30. The van der Waals surface area contributed by atoms with Crippen LogP contribution in [0.3, 0.4) is 0 Å². The minimum atomic E-state index is -0.987. The molecule has 5 nitrogen and oxygen atoms in total. The average molecular weight is 263 g/mol. The Balaban J connectivity index is 1.72. The summed E-state index contributed by atoms with van der Waals surface area (Å²) in [6, 6.07) is 6.29. The second-order valence-corrected chi connectivity index (χ2v) is 5.14. The molecular weight excluding hydrogens is 246 g/mol. The van der Waals surface area contributed by atoms with E-state index in [-0.39, 0.29) is 6.54 Å². The number of benzene rings is 1. The first-order valence-corrected chi connectivity index (χ1v) is 6.65. The topological polar surface area (TPSA) is 63.0 Å². The number of carboxylic acid groups (broad SMARTS) is 1. The van der Waals surface area contributed by atoms with Gasteiger partial charge in [0.15, 0.2) is 11.5 Å². The van der Waals surface area contributed by atoms with Crippen LogP contribution in [0.15, 0.2) is 18.2 Å². The predicted molar refractivity (Wildman–Crippen MR) is 65.0 cm³/mol. The highest BCUT2D eigenvalue weighted by atomic mass is 16.6. The van der Waals surface area contributed by atoms with Gasteiger partial charge in [-0.1, -0.05) is 0 Å². The van der Waals surface area contributed by atoms with Gasteiger partial charge in [0.25, 0.3) is 0 Å². The van der Waals surface area contributed by atoms with Gasteiger partial charge in [-0.05, 0) is 18.2 Å². The Labute approximate surface area is 111 Å². The third kappa shape index (κ3) is 2.98. The summed E-state index contributed by atoms with van der Waals surface area (Å²) < 4.78 is 11.0. The van der Waals surface area contributed by atoms with Gasteiger partial charge in [0.2, 0.25) is 0 Å². The van der Waals surface area contributed by atoms with E-state index in [0.29, 0.717) is 25.8 Å². The molecule has 1 saturated carbocycles. The van der Waals surface area contributed by atoms with Gasteiger partial charge in [0.1, 0.15) is 26.3 Å². The highest BCUT2D eigenvalue weighted by molar-refractivity contribution is 5.65. The Bertz CT molecular complexity index is 484. The molecule has 0 spiro atoms. The van der Waals surface area contributed by atoms with Gasteiger partial charge in [-0.15, -0.1) is 0 Å². The van der Waals surface area contributed by atoms with E-state index in [9.17, 15) is 9.90 Å². The number of hydrogen-bond donors (Lipinski definition) is 1. The Morgan fingerprint density at radius 1 is 1.26 bits per heavy atom. The van der Waals surface area contributed by atoms with Gasteiger partial charge in [-0.2, -0.15) is 0 Å². The molecule has 1 aromatic carbocycles. The summed E-state index contributed by atoms with van der Waals surface area (Å²) in [6.07, 6.45) is 2.21. The van der Waals surface area contributed by atoms with E-state index in [0.717, 1.165) is 34.8 Å². The van der Waals surface area contributed by atoms with Gasteiger partial charge in [0, 0.05) is 18.4 Å². The van der Waals surface area contributed by atoms with Gasteiger partial charge < -0.3 is 24.3 Å². The highest BCUT2D eigenvalue weighted by Gasteiger charge is 2.33. The molecule has 3 rings (SSSR count). The summed E-state index contributed by atoms with van der Waals surface area (Å²) >= 11 is 0. The number of carbonyl (C=O) groups is 1. The van der Waals surface area contributed by atoms with Crippen LogP contribution in [0.1, 0.15) is 18.4 Å². The number of nitrogens with one attached hydrogen (secondary N) is 1. The molecule has 1 N–H and O–H groups in total. The van der Waals surface area contributed by atoms with Crippen molar-refractivity contribution in [1.29, 1.82) is 0 Å². The largest absolute Gasteiger partial charge is 0.544 e. The smallest absolute Gasteiger partial charge is 0.161 e. The van der Waals surface area contributed by atoms with Gasteiger partial charge in [0.05, 0.1) is 12.0 Å². The minimum Gasteiger partial charge on any atom is -0.544 e. The molecular formula is C14H17NO4. The van der Waals surface area contributed by atoms with Crippen molar-refractivity contribution in [2.24, 2.45) is 0 Å². The number of fused-ring (bicyclic) bond motifs is 1. The Kier molecular flexibility index (Phi) is 3.29. The number of carbonyl (C=O) groups excluding carboxylic acids is 1. The maximum atomic E-state index is 10.8. The lowest BCUT2D eigenvalue weighted by Crippen LogP contribution is -3.13. The lowest BCUT2D eigenvalue weighted by Gasteiger charge is -2.22. The molecule has 102 valence electrons. The Hall–Kier alpha value is -1.75. The lowest BCUT2D eigenvalue weighted by atomic mass is 10.1. The van der Waals surface area contributed by atoms with Crippen LogP contribution in [-0.4, -0.2) is 31.8 Å². The van der Waals surface area contributed by atoms with Crippen molar-refractivity contribution in [3.8, 4) is 11.5 Å². The second kappa shape index (κ2) is 5.09. The molecule has 19 heavy (non-hydrogen) atoms. The van der Waals surface area contributed by atoms with Crippen molar-refractivity contribution in [2.75, 3.05) is 19.8 Å². The molecule has 5 heteroatoms. The molecule has 1 fully saturated rings. The molecule has 1 aromatic rings. The van der Waals surface area contributed by atoms with Crippen molar-refractivity contribution < 1.29 is 24.3 Å². The van der Waals surface area contributed by atoms with E-state index in [2.05, 4.69) is 0 Å². The molecule has 1 aliphatic carbocycles. The fourth-order valence-electron chi connectivity index (χ4n) is 2.49. The summed E-state index contributed by atoms with van der Waals surface area (Å²) in [5.74, 6) is 0.537. The van der Waals surface area contributed by atoms with Gasteiger partial charge in [-0.3, -0.25) is 0 Å². The third-order valence-corrected chi connectivity index (χ3v) is 3.56. The molecule has 0 radical (unpaired) electrons. The van der Waals surface area contributed by atoms with Gasteiger partial charge in [-0.25, -0.2) is 0 Å². The normalized spacial score (nSPS) is 18.9. The van der Waals surface area contributed by atoms with Crippen LogP contribution in [0, 0.1) is 0 Å². The second-order valence-electron chi connectivity index (χ2n) is 5.14. The molecule has 0 bridgehead atoms. The van der Waals surface area contributed by atoms with Crippen molar-refractivity contribution in [3.05, 3.63) is 23.8 Å². The summed E-state index contributed by atoms with van der Waals surface area (Å²) in [5, 5.41) is 10.8. The van der Waals surface area contributed by atoms with Crippen molar-refractivity contribution in [1.82, 2.24) is 0 Å². The number of ether oxygens (including phenoxy) is 2. The molecule has 1 unspecified atom stereocenters. The zero-order valence-electron chi connectivity index (χ0n) is 10.7. The van der Waals surface area contributed by atoms with Crippen LogP contribution in [-0.2, 0) is 11.3 Å². The summed E-state index contributed by atoms with van der Waals surface area (Å²) in [5.41, 5.74) is 1.08. The van der Waals surface area contributed by atoms with E-state index < -0.39 is 5.97 Å². The zero-order chi connectivity index (χ0) is 13.2. The fourth-order valence-corrected chi connectivity index (χ4v) is 2.49. The Morgan fingerprint density at radius 2 is 2.00 bits per heavy atom. The first kappa shape index (κ1) is 12.3. The quantitative estimate of drug-likeness (QED) is 0.721. The van der Waals surface area contributed by atoms with E-state index >= 15 is 0 Å². The average Bonchev–Trinajstić information content (AvgIpc) is 3.21. The zero-order valence-corrected chi connectivity index (χ0v) is 10.7. The molecule has 1 heterocycles. The number of hydrogen-bond acceptors (Lipinski definition) is 4. The van der Waals surface area contributed by atoms with E-state index in [4.69, 9.17) is 9.47 Å². The number of rotatable bonds is 5. The maximum Gasteiger partial charge on any atom is 0.161 e. The number of carboxylic acids is 1. The monoisotopic (exact) mass is 263 g/mol. The maximum absolute atomic E-state index is 10.8. The third-order valence-electron chi connectivity index (χ3n) is 3.56. The van der Waals surface area contributed by atoms with Crippen molar-refractivity contribution >= 4 is 5.97 Å². The molecule has 1 aliphatic heterocycles. The lowest BCUT2D eigenvalue weighted by molar-refractivity contribution is -0.919. The molecule has 0 saturated heterocycles. The summed E-state index contributed by atoms with van der Waals surface area (Å²) in [6.45, 7) is 1.90. The van der Waals surface area contributed by atoms with Gasteiger partial charge >= 0.3 is 0 Å². The van der Waals surface area contributed by atoms with Crippen LogP contribution in [0.25, 0.3) is 0 Å². The van der Waals surface area contributed by atoms with E-state index in [1.54, 1.807) is 0 Å². The standard InChI is InChI=1S/C14H17NO4/c16-14(17)9-15(11-2-3-11)8-10-1-4-12-13(7-10)19-6-5-18-12/h1,4,7,11H,2-3,5-6,8-9H2,(H,16,17). The summed E-state index contributed by atoms with van der Waals surface area (Å²) in [4.78, 5) is 11.9. The van der Waals surface area contributed by atoms with Crippen molar-refractivity contribution in [3.63, 3.8) is 0 Å². The molecule has 0 amide bonds. The molecule has 1 atom stereocenters. The number of aliphatic carboxylic acids is 1. The number of quaternary nitrogens is 1. The first-order valence-electron chi connectivity index (χ1n) is 6.65. The van der Waals surface area contributed by atoms with Crippen LogP contribution >= 0.6 is 0 Å². The van der Waals surface area contributed by atoms with Crippen LogP contribution < -0.4 is 19.5 Å². The first-order chi connectivity index (χ1) is 9.22. The van der Waals surface area contributed by atoms with Crippen LogP contribution in [0.5, 0.6) is 11.5 Å². The van der Waals surface area contributed by atoms with Crippen LogP contribution in [0.4, 0.5) is 0 Å².